The van der Waals surface area contributed by atoms with Gasteiger partial charge in [0.25, 0.3) is 0 Å². The average Bonchev–Trinajstić information content (AvgIpc) is 2.75. The minimum atomic E-state index is -0.951. The Morgan fingerprint density at radius 3 is 2.67 bits per heavy atom. The van der Waals surface area contributed by atoms with Gasteiger partial charge in [0.2, 0.25) is 0 Å². The van der Waals surface area contributed by atoms with Crippen LogP contribution in [0.5, 0.6) is 5.75 Å². The fourth-order valence-electron chi connectivity index (χ4n) is 3.51. The third-order valence-corrected chi connectivity index (χ3v) is 5.15. The molecule has 1 aliphatic rings. The lowest BCUT2D eigenvalue weighted by Crippen LogP contribution is -2.32. The van der Waals surface area contributed by atoms with Crippen molar-refractivity contribution in [3.05, 3.63) is 71.6 Å². The highest BCUT2D eigenvalue weighted by Crippen LogP contribution is 2.23. The van der Waals surface area contributed by atoms with Crippen LogP contribution in [0.4, 0.5) is 4.39 Å². The zero-order valence-corrected chi connectivity index (χ0v) is 17.2. The van der Waals surface area contributed by atoms with Crippen molar-refractivity contribution in [2.75, 3.05) is 32.8 Å². The second-order valence-electron chi connectivity index (χ2n) is 7.27. The fraction of sp³-hybridized carbons (Fsp3) is 0.375. The van der Waals surface area contributed by atoms with Gasteiger partial charge in [0.1, 0.15) is 18.2 Å². The molecule has 1 N–H and O–H groups in total. The Morgan fingerprint density at radius 1 is 1.23 bits per heavy atom. The molecular formula is C24H28FNO4. The van der Waals surface area contributed by atoms with Gasteiger partial charge in [0, 0.05) is 32.7 Å². The van der Waals surface area contributed by atoms with Gasteiger partial charge in [-0.05, 0) is 54.3 Å². The summed E-state index contributed by atoms with van der Waals surface area (Å²) in [7, 11) is 0. The minimum absolute atomic E-state index is 0.202. The van der Waals surface area contributed by atoms with E-state index in [9.17, 15) is 14.3 Å². The molecule has 1 atom stereocenters. The second-order valence-corrected chi connectivity index (χ2v) is 7.27. The smallest absolute Gasteiger partial charge is 0.333 e. The molecule has 5 nitrogen and oxygen atoms in total. The van der Waals surface area contributed by atoms with E-state index < -0.39 is 12.1 Å². The molecule has 0 aromatic heterocycles. The highest BCUT2D eigenvalue weighted by molar-refractivity contribution is 5.72. The van der Waals surface area contributed by atoms with Crippen LogP contribution in [0.25, 0.3) is 5.57 Å². The van der Waals surface area contributed by atoms with E-state index in [2.05, 4.69) is 11.0 Å². The van der Waals surface area contributed by atoms with Crippen molar-refractivity contribution in [1.82, 2.24) is 4.90 Å². The Bertz CT molecular complexity index is 866. The molecular weight excluding hydrogens is 385 g/mol. The van der Waals surface area contributed by atoms with E-state index in [0.29, 0.717) is 19.6 Å². The largest absolute Gasteiger partial charge is 0.492 e. The van der Waals surface area contributed by atoms with Crippen molar-refractivity contribution in [2.45, 2.75) is 25.9 Å². The summed E-state index contributed by atoms with van der Waals surface area (Å²) in [5, 5.41) is 9.18. The number of carboxylic acid groups (broad SMARTS) is 1. The number of benzene rings is 2. The van der Waals surface area contributed by atoms with Crippen LogP contribution in [0.1, 0.15) is 24.5 Å². The SMILES string of the molecule is CCOC(Cc1ccc(OCCN2CC=C(c3cccc(F)c3)CC2)cc1)C(=O)O. The van der Waals surface area contributed by atoms with Crippen LogP contribution >= 0.6 is 0 Å². The summed E-state index contributed by atoms with van der Waals surface area (Å²) in [4.78, 5) is 13.5. The molecule has 1 heterocycles. The average molecular weight is 413 g/mol. The van der Waals surface area contributed by atoms with Gasteiger partial charge in [-0.3, -0.25) is 4.90 Å². The Labute approximate surface area is 176 Å². The molecule has 0 saturated carbocycles. The van der Waals surface area contributed by atoms with Gasteiger partial charge in [-0.1, -0.05) is 30.3 Å². The number of hydrogen-bond donors (Lipinski definition) is 1. The molecule has 0 amide bonds. The zero-order chi connectivity index (χ0) is 21.3. The van der Waals surface area contributed by atoms with Gasteiger partial charge in [-0.25, -0.2) is 9.18 Å². The Morgan fingerprint density at radius 2 is 2.03 bits per heavy atom. The summed E-state index contributed by atoms with van der Waals surface area (Å²) < 4.78 is 24.5. The molecule has 3 rings (SSSR count). The third kappa shape index (κ3) is 6.40. The first-order valence-electron chi connectivity index (χ1n) is 10.3. The van der Waals surface area contributed by atoms with Gasteiger partial charge in [0.05, 0.1) is 0 Å². The van der Waals surface area contributed by atoms with E-state index in [1.54, 1.807) is 19.1 Å². The number of aliphatic carboxylic acids is 1. The third-order valence-electron chi connectivity index (χ3n) is 5.15. The van der Waals surface area contributed by atoms with E-state index in [-0.39, 0.29) is 5.82 Å². The predicted octanol–water partition coefficient (Wildman–Crippen LogP) is 4.03. The maximum absolute atomic E-state index is 13.4. The van der Waals surface area contributed by atoms with E-state index >= 15 is 0 Å². The molecule has 2 aromatic rings. The number of rotatable bonds is 10. The lowest BCUT2D eigenvalue weighted by Gasteiger charge is -2.26. The lowest BCUT2D eigenvalue weighted by atomic mass is 9.99. The molecule has 0 saturated heterocycles. The van der Waals surface area contributed by atoms with Crippen molar-refractivity contribution in [2.24, 2.45) is 0 Å². The molecule has 1 aliphatic heterocycles. The van der Waals surface area contributed by atoms with Crippen LogP contribution < -0.4 is 4.74 Å². The number of carboxylic acids is 1. The minimum Gasteiger partial charge on any atom is -0.492 e. The van der Waals surface area contributed by atoms with Crippen molar-refractivity contribution < 1.29 is 23.8 Å². The first-order chi connectivity index (χ1) is 14.5. The maximum Gasteiger partial charge on any atom is 0.333 e. The molecule has 0 spiro atoms. The summed E-state index contributed by atoms with van der Waals surface area (Å²) in [6.07, 6.45) is 2.55. The first-order valence-corrected chi connectivity index (χ1v) is 10.3. The van der Waals surface area contributed by atoms with Crippen molar-refractivity contribution >= 4 is 11.5 Å². The van der Waals surface area contributed by atoms with Gasteiger partial charge < -0.3 is 14.6 Å². The van der Waals surface area contributed by atoms with Gasteiger partial charge in [0.15, 0.2) is 6.10 Å². The van der Waals surface area contributed by atoms with Crippen LogP contribution in [-0.2, 0) is 16.0 Å². The number of halogens is 1. The van der Waals surface area contributed by atoms with Crippen molar-refractivity contribution in [1.29, 1.82) is 0 Å². The number of nitrogens with zero attached hydrogens (tertiary/aromatic N) is 1. The van der Waals surface area contributed by atoms with Crippen LogP contribution in [0.2, 0.25) is 0 Å². The molecule has 0 aliphatic carbocycles. The van der Waals surface area contributed by atoms with E-state index in [1.807, 2.05) is 30.3 Å². The predicted molar refractivity (Wildman–Crippen MR) is 114 cm³/mol. The van der Waals surface area contributed by atoms with Crippen LogP contribution in [0.15, 0.2) is 54.6 Å². The highest BCUT2D eigenvalue weighted by atomic mass is 19.1. The lowest BCUT2D eigenvalue weighted by molar-refractivity contribution is -0.149. The standard InChI is InChI=1S/C24H28FNO4/c1-2-29-23(24(27)28)16-18-6-8-22(9-7-18)30-15-14-26-12-10-19(11-13-26)20-4-3-5-21(25)17-20/h3-10,17,23H,2,11-16H2,1H3,(H,27,28). The number of carbonyl (C=O) groups is 1. The van der Waals surface area contributed by atoms with Crippen LogP contribution in [0.3, 0.4) is 0 Å². The number of hydrogen-bond acceptors (Lipinski definition) is 4. The van der Waals surface area contributed by atoms with Gasteiger partial charge in [-0.15, -0.1) is 0 Å². The molecule has 0 bridgehead atoms. The topological polar surface area (TPSA) is 59.0 Å². The second kappa shape index (κ2) is 10.9. The molecule has 2 aromatic carbocycles. The molecule has 0 fully saturated rings. The normalized spacial score (nSPS) is 15.5. The molecule has 6 heteroatoms. The van der Waals surface area contributed by atoms with Crippen LogP contribution in [-0.4, -0.2) is 54.9 Å². The Kier molecular flexibility index (Phi) is 7.99. The maximum atomic E-state index is 13.4. The quantitative estimate of drug-likeness (QED) is 0.637. The molecule has 30 heavy (non-hydrogen) atoms. The first kappa shape index (κ1) is 22.0. The molecule has 0 radical (unpaired) electrons. The van der Waals surface area contributed by atoms with Crippen molar-refractivity contribution in [3.63, 3.8) is 0 Å². The summed E-state index contributed by atoms with van der Waals surface area (Å²) in [6, 6.07) is 14.2. The van der Waals surface area contributed by atoms with E-state index in [0.717, 1.165) is 42.9 Å². The summed E-state index contributed by atoms with van der Waals surface area (Å²) >= 11 is 0. The van der Waals surface area contributed by atoms with Crippen molar-refractivity contribution in [3.8, 4) is 5.75 Å². The summed E-state index contributed by atoms with van der Waals surface area (Å²) in [5.41, 5.74) is 3.05. The number of ether oxygens (including phenoxy) is 2. The van der Waals surface area contributed by atoms with Gasteiger partial charge >= 0.3 is 5.97 Å². The summed E-state index contributed by atoms with van der Waals surface area (Å²) in [5.74, 6) is -0.394. The van der Waals surface area contributed by atoms with Gasteiger partial charge in [-0.2, -0.15) is 0 Å². The highest BCUT2D eigenvalue weighted by Gasteiger charge is 2.18. The zero-order valence-electron chi connectivity index (χ0n) is 17.2. The molecule has 1 unspecified atom stereocenters. The fourth-order valence-corrected chi connectivity index (χ4v) is 3.51. The Hall–Kier alpha value is -2.70. The van der Waals surface area contributed by atoms with E-state index in [1.165, 1.54) is 11.6 Å². The Balaban J connectivity index is 1.43. The van der Waals surface area contributed by atoms with Crippen LogP contribution in [0, 0.1) is 5.82 Å². The monoisotopic (exact) mass is 413 g/mol. The van der Waals surface area contributed by atoms with E-state index in [4.69, 9.17) is 9.47 Å². The molecule has 160 valence electrons. The summed E-state index contributed by atoms with van der Waals surface area (Å²) in [6.45, 7) is 5.26.